The fourth-order valence-corrected chi connectivity index (χ4v) is 1.52. The van der Waals surface area contributed by atoms with E-state index in [1.54, 1.807) is 0 Å². The van der Waals surface area contributed by atoms with Crippen LogP contribution in [0.5, 0.6) is 0 Å². The minimum atomic E-state index is 0.819. The molecule has 0 aromatic rings. The van der Waals surface area contributed by atoms with Crippen molar-refractivity contribution in [1.82, 2.24) is 5.32 Å². The van der Waals surface area contributed by atoms with Crippen molar-refractivity contribution >= 4 is 0 Å². The van der Waals surface area contributed by atoms with Gasteiger partial charge in [-0.2, -0.15) is 7.05 Å². The number of hydrogen-bond acceptors (Lipinski definition) is 1. The van der Waals surface area contributed by atoms with E-state index in [1.807, 2.05) is 5.32 Å². The first kappa shape index (κ1) is 8.02. The monoisotopic (exact) mass is 142 g/mol. The third kappa shape index (κ3) is 2.67. The van der Waals surface area contributed by atoms with Crippen molar-refractivity contribution in [2.45, 2.75) is 31.7 Å². The van der Waals surface area contributed by atoms with Crippen LogP contribution in [0, 0.1) is 7.05 Å². The molecule has 1 aliphatic rings. The average Bonchev–Trinajstić information content (AvgIpc) is 2.41. The van der Waals surface area contributed by atoms with Crippen molar-refractivity contribution < 1.29 is 5.32 Å². The molecular weight excluding hydrogens is 124 g/mol. The molecular formula is C8H18N2. The molecule has 0 heterocycles. The number of rotatable bonds is 4. The predicted molar refractivity (Wildman–Crippen MR) is 42.4 cm³/mol. The molecule has 3 N–H and O–H groups in total. The lowest BCUT2D eigenvalue weighted by molar-refractivity contribution is -0.593. The molecule has 1 rings (SSSR count). The van der Waals surface area contributed by atoms with E-state index >= 15 is 0 Å². The van der Waals surface area contributed by atoms with Gasteiger partial charge in [0.25, 0.3) is 0 Å². The summed E-state index contributed by atoms with van der Waals surface area (Å²) >= 11 is 0. The smallest absolute Gasteiger partial charge is 0.0642 e. The zero-order chi connectivity index (χ0) is 7.23. The topological polar surface area (TPSA) is 28.6 Å². The quantitative estimate of drug-likeness (QED) is 0.415. The maximum Gasteiger partial charge on any atom is 0.0642 e. The van der Waals surface area contributed by atoms with Crippen molar-refractivity contribution in [2.75, 3.05) is 13.1 Å². The molecule has 1 fully saturated rings. The Morgan fingerprint density at radius 2 is 2.10 bits per heavy atom. The summed E-state index contributed by atoms with van der Waals surface area (Å²) in [6.07, 6.45) is 5.62. The van der Waals surface area contributed by atoms with Gasteiger partial charge in [-0.05, 0) is 12.8 Å². The molecule has 0 bridgehead atoms. The SMILES string of the molecule is [CH2-][NH2+]CCNC1CCCC1. The molecule has 0 unspecified atom stereocenters. The largest absolute Gasteiger partial charge is 0.478 e. The summed E-state index contributed by atoms with van der Waals surface area (Å²) in [7, 11) is 3.68. The van der Waals surface area contributed by atoms with Crippen LogP contribution in [0.25, 0.3) is 0 Å². The molecule has 60 valence electrons. The third-order valence-corrected chi connectivity index (χ3v) is 2.14. The van der Waals surface area contributed by atoms with Crippen LogP contribution in [0.15, 0.2) is 0 Å². The van der Waals surface area contributed by atoms with Gasteiger partial charge in [0.2, 0.25) is 0 Å². The van der Waals surface area contributed by atoms with Crippen LogP contribution in [0.3, 0.4) is 0 Å². The van der Waals surface area contributed by atoms with E-state index in [1.165, 1.54) is 25.7 Å². The number of nitrogens with two attached hydrogens (primary N) is 1. The van der Waals surface area contributed by atoms with Gasteiger partial charge in [-0.15, -0.1) is 0 Å². The van der Waals surface area contributed by atoms with Gasteiger partial charge in [0.05, 0.1) is 6.54 Å². The summed E-state index contributed by atoms with van der Waals surface area (Å²) < 4.78 is 0. The molecule has 1 saturated carbocycles. The van der Waals surface area contributed by atoms with E-state index in [4.69, 9.17) is 0 Å². The Morgan fingerprint density at radius 3 is 2.70 bits per heavy atom. The van der Waals surface area contributed by atoms with E-state index in [0.29, 0.717) is 0 Å². The predicted octanol–water partition coefficient (Wildman–Crippen LogP) is -0.126. The van der Waals surface area contributed by atoms with E-state index in [0.717, 1.165) is 19.1 Å². The van der Waals surface area contributed by atoms with Crippen molar-refractivity contribution in [2.24, 2.45) is 0 Å². The molecule has 0 amide bonds. The van der Waals surface area contributed by atoms with Gasteiger partial charge in [-0.1, -0.05) is 12.8 Å². The number of quaternary nitrogens is 1. The highest BCUT2D eigenvalue weighted by Crippen LogP contribution is 2.16. The first-order valence-electron chi connectivity index (χ1n) is 4.28. The van der Waals surface area contributed by atoms with Crippen LogP contribution in [0.2, 0.25) is 0 Å². The molecule has 0 spiro atoms. The molecule has 0 aromatic heterocycles. The molecule has 2 nitrogen and oxygen atoms in total. The molecule has 0 atom stereocenters. The van der Waals surface area contributed by atoms with E-state index in [9.17, 15) is 0 Å². The van der Waals surface area contributed by atoms with E-state index < -0.39 is 0 Å². The summed E-state index contributed by atoms with van der Waals surface area (Å²) in [4.78, 5) is 0. The highest BCUT2D eigenvalue weighted by Gasteiger charge is 2.12. The maximum absolute atomic E-state index is 3.68. The molecule has 1 aliphatic carbocycles. The van der Waals surface area contributed by atoms with Crippen LogP contribution in [0.1, 0.15) is 25.7 Å². The van der Waals surface area contributed by atoms with Gasteiger partial charge in [0.1, 0.15) is 0 Å². The standard InChI is InChI=1S/C8H18N2/c1-9-6-7-10-8-4-2-3-5-8/h8,10H,1-7,9H2. The molecule has 10 heavy (non-hydrogen) atoms. The Bertz CT molecular complexity index is 77.3. The zero-order valence-corrected chi connectivity index (χ0v) is 6.60. The summed E-state index contributed by atoms with van der Waals surface area (Å²) in [6, 6.07) is 0.819. The second-order valence-corrected chi connectivity index (χ2v) is 3.01. The average molecular weight is 142 g/mol. The second kappa shape index (κ2) is 4.69. The summed E-state index contributed by atoms with van der Waals surface area (Å²) in [5.41, 5.74) is 0. The van der Waals surface area contributed by atoms with Gasteiger partial charge in [0.15, 0.2) is 0 Å². The van der Waals surface area contributed by atoms with Crippen LogP contribution < -0.4 is 10.6 Å². The first-order valence-corrected chi connectivity index (χ1v) is 4.28. The van der Waals surface area contributed by atoms with Crippen LogP contribution >= 0.6 is 0 Å². The Labute approximate surface area is 63.4 Å². The number of nitrogens with one attached hydrogen (secondary N) is 1. The highest BCUT2D eigenvalue weighted by atomic mass is 15.0. The normalized spacial score (nSPS) is 20.1. The molecule has 0 aliphatic heterocycles. The zero-order valence-electron chi connectivity index (χ0n) is 6.60. The van der Waals surface area contributed by atoms with Crippen LogP contribution in [-0.4, -0.2) is 19.1 Å². The van der Waals surface area contributed by atoms with Crippen molar-refractivity contribution in [3.63, 3.8) is 0 Å². The fourth-order valence-electron chi connectivity index (χ4n) is 1.52. The minimum Gasteiger partial charge on any atom is -0.478 e. The Hall–Kier alpha value is -0.0800. The third-order valence-electron chi connectivity index (χ3n) is 2.14. The lowest BCUT2D eigenvalue weighted by Gasteiger charge is -2.10. The highest BCUT2D eigenvalue weighted by molar-refractivity contribution is 4.72. The second-order valence-electron chi connectivity index (χ2n) is 3.01. The molecule has 0 aromatic carbocycles. The van der Waals surface area contributed by atoms with Gasteiger partial charge < -0.3 is 10.6 Å². The van der Waals surface area contributed by atoms with Crippen LogP contribution in [-0.2, 0) is 0 Å². The van der Waals surface area contributed by atoms with Gasteiger partial charge in [-0.25, -0.2) is 0 Å². The molecule has 0 saturated heterocycles. The Morgan fingerprint density at radius 1 is 1.40 bits per heavy atom. The summed E-state index contributed by atoms with van der Waals surface area (Å²) in [5.74, 6) is 0. The fraction of sp³-hybridized carbons (Fsp3) is 0.875. The van der Waals surface area contributed by atoms with Gasteiger partial charge in [-0.3, -0.25) is 0 Å². The van der Waals surface area contributed by atoms with E-state index in [-0.39, 0.29) is 0 Å². The van der Waals surface area contributed by atoms with Gasteiger partial charge >= 0.3 is 0 Å². The van der Waals surface area contributed by atoms with Crippen molar-refractivity contribution in [1.29, 1.82) is 0 Å². The molecule has 0 radical (unpaired) electrons. The van der Waals surface area contributed by atoms with Crippen LogP contribution in [0.4, 0.5) is 0 Å². The lowest BCUT2D eigenvalue weighted by atomic mass is 10.2. The van der Waals surface area contributed by atoms with Crippen molar-refractivity contribution in [3.05, 3.63) is 7.05 Å². The first-order chi connectivity index (χ1) is 4.93. The van der Waals surface area contributed by atoms with Gasteiger partial charge in [0, 0.05) is 12.6 Å². The summed E-state index contributed by atoms with van der Waals surface area (Å²) in [6.45, 7) is 2.23. The Kier molecular flexibility index (Phi) is 3.76. The Balaban J connectivity index is 1.91. The maximum atomic E-state index is 3.68. The lowest BCUT2D eigenvalue weighted by Crippen LogP contribution is -2.78. The summed E-state index contributed by atoms with van der Waals surface area (Å²) in [5, 5.41) is 5.49. The number of hydrogen-bond donors (Lipinski definition) is 2. The molecule has 2 heteroatoms. The van der Waals surface area contributed by atoms with E-state index in [2.05, 4.69) is 12.4 Å². The minimum absolute atomic E-state index is 0.819. The van der Waals surface area contributed by atoms with Crippen molar-refractivity contribution in [3.8, 4) is 0 Å².